The molecule has 3 atom stereocenters. The normalized spacial score (nSPS) is 23.7. The van der Waals surface area contributed by atoms with Gasteiger partial charge in [0.2, 0.25) is 5.91 Å². The fourth-order valence-electron chi connectivity index (χ4n) is 5.17. The summed E-state index contributed by atoms with van der Waals surface area (Å²) in [5, 5.41) is 3.82. The molecule has 3 aromatic rings. The number of hydrogen-bond donors (Lipinski definition) is 1. The maximum absolute atomic E-state index is 11.8. The summed E-state index contributed by atoms with van der Waals surface area (Å²) in [7, 11) is 2.19. The Morgan fingerprint density at radius 3 is 2.77 bits per heavy atom. The van der Waals surface area contributed by atoms with Gasteiger partial charge in [-0.05, 0) is 55.5 Å². The van der Waals surface area contributed by atoms with Gasteiger partial charge in [-0.3, -0.25) is 9.69 Å². The van der Waals surface area contributed by atoms with E-state index in [1.54, 1.807) is 0 Å². The number of piperidine rings is 1. The topological polar surface area (TPSA) is 50.2 Å². The second-order valence-corrected chi connectivity index (χ2v) is 9.17. The molecule has 0 bridgehead atoms. The van der Waals surface area contributed by atoms with Crippen LogP contribution in [0.2, 0.25) is 5.02 Å². The molecule has 6 heteroatoms. The van der Waals surface area contributed by atoms with Crippen LogP contribution in [0.3, 0.4) is 0 Å². The molecule has 5 nitrogen and oxygen atoms in total. The second-order valence-electron chi connectivity index (χ2n) is 8.76. The van der Waals surface area contributed by atoms with Gasteiger partial charge < -0.3 is 9.88 Å². The molecule has 156 valence electrons. The van der Waals surface area contributed by atoms with Crippen LogP contribution in [0.25, 0.3) is 11.0 Å². The van der Waals surface area contributed by atoms with E-state index in [2.05, 4.69) is 46.1 Å². The summed E-state index contributed by atoms with van der Waals surface area (Å²) in [5.41, 5.74) is 3.25. The average molecular weight is 423 g/mol. The molecule has 1 N–H and O–H groups in total. The molecule has 0 radical (unpaired) electrons. The van der Waals surface area contributed by atoms with Crippen molar-refractivity contribution in [1.29, 1.82) is 0 Å². The zero-order valence-electron chi connectivity index (χ0n) is 17.2. The van der Waals surface area contributed by atoms with Gasteiger partial charge in [0.25, 0.3) is 0 Å². The Bertz CT molecular complexity index is 1080. The van der Waals surface area contributed by atoms with Crippen LogP contribution in [0.4, 0.5) is 0 Å². The monoisotopic (exact) mass is 422 g/mol. The van der Waals surface area contributed by atoms with Crippen molar-refractivity contribution in [2.45, 2.75) is 38.4 Å². The number of nitrogens with zero attached hydrogens (tertiary/aromatic N) is 3. The number of carbonyl (C=O) groups is 1. The standard InChI is InChI=1S/C24H27ClN4O/c1-28(19-10-17-12-24(30)26-13-18(17)11-19)15-23-27-21-8-4-5-9-22(21)29(23)14-16-6-2-3-7-20(16)25/h2-9,17-19H,10-15H2,1H3,(H,26,30)/t17-,18+,19-/m1/s1. The molecule has 0 spiro atoms. The number of carbonyl (C=O) groups excluding carboxylic acids is 1. The summed E-state index contributed by atoms with van der Waals surface area (Å²) >= 11 is 6.46. The largest absolute Gasteiger partial charge is 0.356 e. The predicted molar refractivity (Wildman–Crippen MR) is 119 cm³/mol. The Morgan fingerprint density at radius 1 is 1.13 bits per heavy atom. The number of nitrogens with one attached hydrogen (secondary N) is 1. The highest BCUT2D eigenvalue weighted by Gasteiger charge is 2.39. The fraction of sp³-hybridized carbons (Fsp3) is 0.417. The molecular weight excluding hydrogens is 396 g/mol. The number of amides is 1. The minimum absolute atomic E-state index is 0.209. The van der Waals surface area contributed by atoms with Crippen molar-refractivity contribution >= 4 is 28.5 Å². The summed E-state index contributed by atoms with van der Waals surface area (Å²) in [6, 6.07) is 16.8. The van der Waals surface area contributed by atoms with E-state index in [0.29, 0.717) is 30.8 Å². The Morgan fingerprint density at radius 2 is 1.90 bits per heavy atom. The number of para-hydroxylation sites is 2. The summed E-state index contributed by atoms with van der Waals surface area (Å²) < 4.78 is 2.29. The highest BCUT2D eigenvalue weighted by Crippen LogP contribution is 2.38. The molecule has 2 heterocycles. The molecule has 30 heavy (non-hydrogen) atoms. The van der Waals surface area contributed by atoms with Gasteiger partial charge in [0, 0.05) is 24.0 Å². The number of aromatic nitrogens is 2. The van der Waals surface area contributed by atoms with E-state index in [1.807, 2.05) is 24.3 Å². The van der Waals surface area contributed by atoms with Gasteiger partial charge in [0.15, 0.2) is 0 Å². The van der Waals surface area contributed by atoms with Crippen molar-refractivity contribution in [3.63, 3.8) is 0 Å². The quantitative estimate of drug-likeness (QED) is 0.673. The number of hydrogen-bond acceptors (Lipinski definition) is 3. The molecule has 1 aromatic heterocycles. The number of benzene rings is 2. The lowest BCUT2D eigenvalue weighted by atomic mass is 9.89. The maximum Gasteiger partial charge on any atom is 0.220 e. The molecule has 1 amide bonds. The molecular formula is C24H27ClN4O. The minimum Gasteiger partial charge on any atom is -0.356 e. The van der Waals surface area contributed by atoms with E-state index in [1.165, 1.54) is 0 Å². The van der Waals surface area contributed by atoms with Crippen molar-refractivity contribution in [3.8, 4) is 0 Å². The first-order chi connectivity index (χ1) is 14.6. The lowest BCUT2D eigenvalue weighted by Gasteiger charge is -2.24. The van der Waals surface area contributed by atoms with Crippen molar-refractivity contribution in [2.24, 2.45) is 11.8 Å². The van der Waals surface area contributed by atoms with Gasteiger partial charge in [0.05, 0.1) is 24.1 Å². The molecule has 2 fully saturated rings. The summed E-state index contributed by atoms with van der Waals surface area (Å²) in [6.45, 7) is 2.32. The van der Waals surface area contributed by atoms with Crippen molar-refractivity contribution in [1.82, 2.24) is 19.8 Å². The summed E-state index contributed by atoms with van der Waals surface area (Å²) in [4.78, 5) is 19.2. The fourth-order valence-corrected chi connectivity index (χ4v) is 5.36. The Kier molecular flexibility index (Phi) is 5.25. The van der Waals surface area contributed by atoms with Crippen molar-refractivity contribution in [2.75, 3.05) is 13.6 Å². The van der Waals surface area contributed by atoms with E-state index < -0.39 is 0 Å². The van der Waals surface area contributed by atoms with Crippen LogP contribution >= 0.6 is 11.6 Å². The van der Waals surface area contributed by atoms with Gasteiger partial charge in [-0.1, -0.05) is 41.9 Å². The van der Waals surface area contributed by atoms with Crippen LogP contribution in [0.5, 0.6) is 0 Å². The summed E-state index contributed by atoms with van der Waals surface area (Å²) in [5.74, 6) is 2.40. The van der Waals surface area contributed by atoms with E-state index in [4.69, 9.17) is 16.6 Å². The number of fused-ring (bicyclic) bond motifs is 2. The molecule has 2 aromatic carbocycles. The number of imidazole rings is 1. The SMILES string of the molecule is CN(Cc1nc2ccccc2n1Cc1ccccc1Cl)[C@H]1C[C@H]2CNC(=O)C[C@H]2C1. The van der Waals surface area contributed by atoms with Gasteiger partial charge in [-0.15, -0.1) is 0 Å². The molecule has 1 saturated heterocycles. The molecule has 1 aliphatic carbocycles. The third kappa shape index (κ3) is 3.72. The van der Waals surface area contributed by atoms with Gasteiger partial charge in [-0.25, -0.2) is 4.98 Å². The highest BCUT2D eigenvalue weighted by molar-refractivity contribution is 6.31. The van der Waals surface area contributed by atoms with Crippen molar-refractivity contribution in [3.05, 3.63) is 64.9 Å². The van der Waals surface area contributed by atoms with Crippen LogP contribution < -0.4 is 5.32 Å². The van der Waals surface area contributed by atoms with Gasteiger partial charge in [0.1, 0.15) is 5.82 Å². The first-order valence-electron chi connectivity index (χ1n) is 10.7. The lowest BCUT2D eigenvalue weighted by Crippen LogP contribution is -2.38. The molecule has 5 rings (SSSR count). The van der Waals surface area contributed by atoms with E-state index in [9.17, 15) is 4.79 Å². The highest BCUT2D eigenvalue weighted by atomic mass is 35.5. The first kappa shape index (κ1) is 19.6. The molecule has 1 saturated carbocycles. The lowest BCUT2D eigenvalue weighted by molar-refractivity contribution is -0.124. The molecule has 1 aliphatic heterocycles. The van der Waals surface area contributed by atoms with Gasteiger partial charge in [-0.2, -0.15) is 0 Å². The van der Waals surface area contributed by atoms with E-state index in [-0.39, 0.29) is 5.91 Å². The number of rotatable bonds is 5. The zero-order valence-corrected chi connectivity index (χ0v) is 18.0. The third-order valence-electron chi connectivity index (χ3n) is 6.86. The van der Waals surface area contributed by atoms with Crippen LogP contribution in [-0.2, 0) is 17.9 Å². The minimum atomic E-state index is 0.209. The second kappa shape index (κ2) is 8.05. The average Bonchev–Trinajstić information content (AvgIpc) is 3.31. The smallest absolute Gasteiger partial charge is 0.220 e. The summed E-state index contributed by atoms with van der Waals surface area (Å²) in [6.07, 6.45) is 2.92. The van der Waals surface area contributed by atoms with Crippen LogP contribution in [0.15, 0.2) is 48.5 Å². The predicted octanol–water partition coefficient (Wildman–Crippen LogP) is 4.08. The van der Waals surface area contributed by atoms with Crippen LogP contribution in [-0.4, -0.2) is 40.0 Å². The van der Waals surface area contributed by atoms with Crippen LogP contribution in [0, 0.1) is 11.8 Å². The Labute approximate surface area is 182 Å². The third-order valence-corrected chi connectivity index (χ3v) is 7.23. The van der Waals surface area contributed by atoms with E-state index >= 15 is 0 Å². The Balaban J connectivity index is 1.40. The molecule has 0 unspecified atom stereocenters. The van der Waals surface area contributed by atoms with Crippen molar-refractivity contribution < 1.29 is 4.79 Å². The van der Waals surface area contributed by atoms with Crippen LogP contribution in [0.1, 0.15) is 30.7 Å². The van der Waals surface area contributed by atoms with E-state index in [0.717, 1.165) is 53.4 Å². The Hall–Kier alpha value is -2.37. The maximum atomic E-state index is 11.8. The number of halogens is 1. The zero-order chi connectivity index (χ0) is 20.7. The van der Waals surface area contributed by atoms with Gasteiger partial charge >= 0.3 is 0 Å². The first-order valence-corrected chi connectivity index (χ1v) is 11.1. The molecule has 2 aliphatic rings.